The smallest absolute Gasteiger partial charge is 0.0710 e. The number of aromatic amines is 1. The molecule has 2 aromatic heterocycles. The van der Waals surface area contributed by atoms with E-state index in [1.165, 1.54) is 12.0 Å². The Hall–Kier alpha value is -1.72. The summed E-state index contributed by atoms with van der Waals surface area (Å²) in [5.41, 5.74) is 3.32. The number of pyridine rings is 1. The van der Waals surface area contributed by atoms with Crippen LogP contribution < -0.4 is 5.32 Å². The molecule has 0 unspecified atom stereocenters. The second kappa shape index (κ2) is 8.54. The van der Waals surface area contributed by atoms with E-state index in [4.69, 9.17) is 0 Å². The minimum absolute atomic E-state index is 0.832. The predicted molar refractivity (Wildman–Crippen MR) is 85.9 cm³/mol. The Balaban J connectivity index is 1.79. The second-order valence-electron chi connectivity index (χ2n) is 5.07. The number of H-pyrrole nitrogens is 1. The maximum absolute atomic E-state index is 4.16. The summed E-state index contributed by atoms with van der Waals surface area (Å²) < 4.78 is 0. The molecular formula is C16H25N5. The highest BCUT2D eigenvalue weighted by Crippen LogP contribution is 2.19. The van der Waals surface area contributed by atoms with Gasteiger partial charge in [0.2, 0.25) is 0 Å². The van der Waals surface area contributed by atoms with E-state index in [1.54, 1.807) is 6.20 Å². The van der Waals surface area contributed by atoms with Crippen molar-refractivity contribution in [3.8, 4) is 11.3 Å². The summed E-state index contributed by atoms with van der Waals surface area (Å²) >= 11 is 0. The molecule has 0 saturated heterocycles. The Labute approximate surface area is 126 Å². The monoisotopic (exact) mass is 287 g/mol. The second-order valence-corrected chi connectivity index (χ2v) is 5.07. The number of nitrogens with one attached hydrogen (secondary N) is 2. The van der Waals surface area contributed by atoms with Crippen LogP contribution in [0.2, 0.25) is 0 Å². The van der Waals surface area contributed by atoms with Crippen LogP contribution in [0.15, 0.2) is 30.7 Å². The standard InChI is InChI=1S/C16H25N5/c1-3-21(4-2)10-6-9-18-12-15-13-19-20-16(15)14-7-5-8-17-11-14/h5,7-8,11,13,18H,3-4,6,9-10,12H2,1-2H3,(H,19,20). The van der Waals surface area contributed by atoms with E-state index in [-0.39, 0.29) is 0 Å². The van der Waals surface area contributed by atoms with E-state index >= 15 is 0 Å². The molecule has 0 spiro atoms. The third kappa shape index (κ3) is 4.65. The third-order valence-electron chi connectivity index (χ3n) is 3.71. The zero-order chi connectivity index (χ0) is 14.9. The minimum Gasteiger partial charge on any atom is -0.312 e. The van der Waals surface area contributed by atoms with E-state index in [2.05, 4.69) is 39.2 Å². The summed E-state index contributed by atoms with van der Waals surface area (Å²) in [6.45, 7) is 9.69. The van der Waals surface area contributed by atoms with Crippen molar-refractivity contribution < 1.29 is 0 Å². The topological polar surface area (TPSA) is 56.8 Å². The molecule has 0 aliphatic heterocycles. The molecule has 2 aromatic rings. The Kier molecular flexibility index (Phi) is 6.37. The van der Waals surface area contributed by atoms with Crippen LogP contribution in [-0.4, -0.2) is 46.3 Å². The molecule has 114 valence electrons. The molecule has 21 heavy (non-hydrogen) atoms. The average molecular weight is 287 g/mol. The lowest BCUT2D eigenvalue weighted by Crippen LogP contribution is -2.27. The molecule has 5 heteroatoms. The molecule has 2 rings (SSSR count). The summed E-state index contributed by atoms with van der Waals surface area (Å²) in [5, 5.41) is 10.7. The molecule has 0 radical (unpaired) electrons. The molecular weight excluding hydrogens is 262 g/mol. The van der Waals surface area contributed by atoms with Crippen LogP contribution in [0, 0.1) is 0 Å². The van der Waals surface area contributed by atoms with Gasteiger partial charge in [0.25, 0.3) is 0 Å². The first-order valence-corrected chi connectivity index (χ1v) is 7.70. The maximum atomic E-state index is 4.16. The summed E-state index contributed by atoms with van der Waals surface area (Å²) in [4.78, 5) is 6.60. The molecule has 0 aromatic carbocycles. The van der Waals surface area contributed by atoms with Crippen molar-refractivity contribution in [2.75, 3.05) is 26.2 Å². The van der Waals surface area contributed by atoms with Gasteiger partial charge in [-0.3, -0.25) is 10.1 Å². The molecule has 0 atom stereocenters. The molecule has 2 N–H and O–H groups in total. The molecule has 0 aliphatic rings. The first-order valence-electron chi connectivity index (χ1n) is 7.70. The van der Waals surface area contributed by atoms with Gasteiger partial charge in [-0.2, -0.15) is 5.10 Å². The van der Waals surface area contributed by atoms with Gasteiger partial charge < -0.3 is 10.2 Å². The Morgan fingerprint density at radius 1 is 1.24 bits per heavy atom. The zero-order valence-corrected chi connectivity index (χ0v) is 13.0. The van der Waals surface area contributed by atoms with Crippen molar-refractivity contribution in [3.63, 3.8) is 0 Å². The average Bonchev–Trinajstić information content (AvgIpc) is 3.00. The fraction of sp³-hybridized carbons (Fsp3) is 0.500. The van der Waals surface area contributed by atoms with Crippen LogP contribution in [0.4, 0.5) is 0 Å². The Morgan fingerprint density at radius 2 is 2.10 bits per heavy atom. The highest BCUT2D eigenvalue weighted by molar-refractivity contribution is 5.61. The number of hydrogen-bond acceptors (Lipinski definition) is 4. The summed E-state index contributed by atoms with van der Waals surface area (Å²) in [6, 6.07) is 3.99. The highest BCUT2D eigenvalue weighted by Gasteiger charge is 2.07. The molecule has 0 fully saturated rings. The van der Waals surface area contributed by atoms with Gasteiger partial charge in [0.05, 0.1) is 11.9 Å². The van der Waals surface area contributed by atoms with E-state index in [0.717, 1.165) is 44.0 Å². The lowest BCUT2D eigenvalue weighted by molar-refractivity contribution is 0.298. The number of nitrogens with zero attached hydrogens (tertiary/aromatic N) is 3. The van der Waals surface area contributed by atoms with E-state index in [1.807, 2.05) is 24.5 Å². The van der Waals surface area contributed by atoms with Crippen molar-refractivity contribution in [1.29, 1.82) is 0 Å². The molecule has 5 nitrogen and oxygen atoms in total. The molecule has 0 bridgehead atoms. The lowest BCUT2D eigenvalue weighted by atomic mass is 10.1. The van der Waals surface area contributed by atoms with Crippen LogP contribution in [0.3, 0.4) is 0 Å². The van der Waals surface area contributed by atoms with E-state index in [9.17, 15) is 0 Å². The van der Waals surface area contributed by atoms with Gasteiger partial charge in [-0.05, 0) is 44.7 Å². The quantitative estimate of drug-likeness (QED) is 0.695. The van der Waals surface area contributed by atoms with E-state index < -0.39 is 0 Å². The molecule has 0 saturated carbocycles. The van der Waals surface area contributed by atoms with Gasteiger partial charge in [-0.25, -0.2) is 0 Å². The van der Waals surface area contributed by atoms with Gasteiger partial charge in [-0.1, -0.05) is 13.8 Å². The van der Waals surface area contributed by atoms with Crippen molar-refractivity contribution in [3.05, 3.63) is 36.3 Å². The largest absolute Gasteiger partial charge is 0.312 e. The van der Waals surface area contributed by atoms with Crippen LogP contribution >= 0.6 is 0 Å². The van der Waals surface area contributed by atoms with Gasteiger partial charge in [0, 0.05) is 30.1 Å². The van der Waals surface area contributed by atoms with E-state index in [0.29, 0.717) is 0 Å². The van der Waals surface area contributed by atoms with Crippen molar-refractivity contribution in [1.82, 2.24) is 25.4 Å². The van der Waals surface area contributed by atoms with Gasteiger partial charge in [-0.15, -0.1) is 0 Å². The van der Waals surface area contributed by atoms with Crippen LogP contribution in [0.1, 0.15) is 25.8 Å². The molecule has 0 aliphatic carbocycles. The van der Waals surface area contributed by atoms with Gasteiger partial charge in [0.15, 0.2) is 0 Å². The first-order chi connectivity index (χ1) is 10.3. The normalized spacial score (nSPS) is 11.2. The fourth-order valence-electron chi connectivity index (χ4n) is 2.40. The third-order valence-corrected chi connectivity index (χ3v) is 3.71. The SMILES string of the molecule is CCN(CC)CCCNCc1cn[nH]c1-c1cccnc1. The summed E-state index contributed by atoms with van der Waals surface area (Å²) in [7, 11) is 0. The molecule has 2 heterocycles. The predicted octanol–water partition coefficient (Wildman–Crippen LogP) is 2.29. The zero-order valence-electron chi connectivity index (χ0n) is 13.0. The summed E-state index contributed by atoms with van der Waals surface area (Å²) in [5.74, 6) is 0. The van der Waals surface area contributed by atoms with Crippen molar-refractivity contribution in [2.24, 2.45) is 0 Å². The molecule has 0 amide bonds. The van der Waals surface area contributed by atoms with Crippen LogP contribution in [0.25, 0.3) is 11.3 Å². The number of aromatic nitrogens is 3. The number of rotatable bonds is 9. The Morgan fingerprint density at radius 3 is 2.81 bits per heavy atom. The minimum atomic E-state index is 0.832. The van der Waals surface area contributed by atoms with Gasteiger partial charge >= 0.3 is 0 Å². The van der Waals surface area contributed by atoms with Crippen LogP contribution in [-0.2, 0) is 6.54 Å². The highest BCUT2D eigenvalue weighted by atomic mass is 15.1. The lowest BCUT2D eigenvalue weighted by Gasteiger charge is -2.17. The van der Waals surface area contributed by atoms with Crippen molar-refractivity contribution in [2.45, 2.75) is 26.8 Å². The van der Waals surface area contributed by atoms with Crippen LogP contribution in [0.5, 0.6) is 0 Å². The van der Waals surface area contributed by atoms with Crippen molar-refractivity contribution >= 4 is 0 Å². The maximum Gasteiger partial charge on any atom is 0.0710 e. The summed E-state index contributed by atoms with van der Waals surface area (Å²) in [6.07, 6.45) is 6.70. The Bertz CT molecular complexity index is 504. The van der Waals surface area contributed by atoms with Gasteiger partial charge in [0.1, 0.15) is 0 Å². The first kappa shape index (κ1) is 15.7. The fourth-order valence-corrected chi connectivity index (χ4v) is 2.40. The number of hydrogen-bond donors (Lipinski definition) is 2.